The number of carbonyl (C=O) groups excluding carboxylic acids is 1. The zero-order valence-electron chi connectivity index (χ0n) is 11.6. The quantitative estimate of drug-likeness (QED) is 0.751. The minimum atomic E-state index is -0.264. The summed E-state index contributed by atoms with van der Waals surface area (Å²) in [7, 11) is 1.64. The van der Waals surface area contributed by atoms with Crippen LogP contribution in [0.1, 0.15) is 18.5 Å². The van der Waals surface area contributed by atoms with E-state index >= 15 is 0 Å². The first-order chi connectivity index (χ1) is 9.70. The van der Waals surface area contributed by atoms with Crippen molar-refractivity contribution in [1.82, 2.24) is 10.3 Å². The standard InChI is InChI=1S/C15H19N3O2/c1-20-13-5-2-4-11-7-8-12(18-15(11)13)10-17-9-3-6-14(16)19/h2,4-5,7-8,17H,3,6,9-10H2,1H3,(H2,16,19). The molecule has 0 fully saturated rings. The lowest BCUT2D eigenvalue weighted by molar-refractivity contribution is -0.118. The molecule has 0 aliphatic heterocycles. The number of amides is 1. The van der Waals surface area contributed by atoms with E-state index in [9.17, 15) is 4.79 Å². The average Bonchev–Trinajstić information content (AvgIpc) is 2.45. The van der Waals surface area contributed by atoms with E-state index in [-0.39, 0.29) is 5.91 Å². The normalized spacial score (nSPS) is 10.7. The fourth-order valence-corrected chi connectivity index (χ4v) is 2.03. The molecule has 1 heterocycles. The second-order valence-corrected chi connectivity index (χ2v) is 4.58. The first-order valence-electron chi connectivity index (χ1n) is 6.62. The summed E-state index contributed by atoms with van der Waals surface area (Å²) in [6, 6.07) is 9.88. The van der Waals surface area contributed by atoms with Crippen molar-refractivity contribution < 1.29 is 9.53 Å². The van der Waals surface area contributed by atoms with Crippen LogP contribution in [0, 0.1) is 0 Å². The summed E-state index contributed by atoms with van der Waals surface area (Å²) >= 11 is 0. The Balaban J connectivity index is 1.99. The van der Waals surface area contributed by atoms with Crippen molar-refractivity contribution in [3.05, 3.63) is 36.0 Å². The number of nitrogens with one attached hydrogen (secondary N) is 1. The Morgan fingerprint density at radius 3 is 2.95 bits per heavy atom. The Kier molecular flexibility index (Phi) is 4.90. The highest BCUT2D eigenvalue weighted by atomic mass is 16.5. The van der Waals surface area contributed by atoms with Gasteiger partial charge < -0.3 is 15.8 Å². The van der Waals surface area contributed by atoms with Crippen molar-refractivity contribution >= 4 is 16.8 Å². The molecule has 2 rings (SSSR count). The monoisotopic (exact) mass is 273 g/mol. The van der Waals surface area contributed by atoms with Gasteiger partial charge in [-0.2, -0.15) is 0 Å². The number of nitrogens with two attached hydrogens (primary N) is 1. The van der Waals surface area contributed by atoms with E-state index in [1.165, 1.54) is 0 Å². The van der Waals surface area contributed by atoms with Gasteiger partial charge in [0.15, 0.2) is 0 Å². The minimum absolute atomic E-state index is 0.264. The molecule has 0 aliphatic carbocycles. The maximum atomic E-state index is 10.6. The van der Waals surface area contributed by atoms with Gasteiger partial charge >= 0.3 is 0 Å². The molecule has 0 aliphatic rings. The summed E-state index contributed by atoms with van der Waals surface area (Å²) in [5.74, 6) is 0.512. The van der Waals surface area contributed by atoms with E-state index in [2.05, 4.69) is 10.3 Å². The van der Waals surface area contributed by atoms with Gasteiger partial charge in [-0.05, 0) is 25.1 Å². The number of methoxy groups -OCH3 is 1. The SMILES string of the molecule is COc1cccc2ccc(CNCCCC(N)=O)nc12. The summed E-state index contributed by atoms with van der Waals surface area (Å²) in [5.41, 5.74) is 6.90. The van der Waals surface area contributed by atoms with Gasteiger partial charge in [0.2, 0.25) is 5.91 Å². The summed E-state index contributed by atoms with van der Waals surface area (Å²) in [6.07, 6.45) is 1.15. The second-order valence-electron chi connectivity index (χ2n) is 4.58. The molecule has 0 saturated carbocycles. The van der Waals surface area contributed by atoms with Crippen LogP contribution in [0.4, 0.5) is 0 Å². The van der Waals surface area contributed by atoms with Gasteiger partial charge in [-0.1, -0.05) is 18.2 Å². The molecule has 0 spiro atoms. The van der Waals surface area contributed by atoms with Gasteiger partial charge in [-0.15, -0.1) is 0 Å². The summed E-state index contributed by atoms with van der Waals surface area (Å²) in [5, 5.41) is 4.31. The lowest BCUT2D eigenvalue weighted by Crippen LogP contribution is -2.18. The Labute approximate surface area is 118 Å². The van der Waals surface area contributed by atoms with Crippen LogP contribution < -0.4 is 15.8 Å². The minimum Gasteiger partial charge on any atom is -0.494 e. The van der Waals surface area contributed by atoms with Gasteiger partial charge in [0, 0.05) is 18.4 Å². The molecule has 0 atom stereocenters. The fraction of sp³-hybridized carbons (Fsp3) is 0.333. The Morgan fingerprint density at radius 1 is 1.35 bits per heavy atom. The molecule has 1 aromatic carbocycles. The summed E-state index contributed by atoms with van der Waals surface area (Å²) in [6.45, 7) is 1.40. The number of carbonyl (C=O) groups is 1. The highest BCUT2D eigenvalue weighted by molar-refractivity contribution is 5.84. The number of nitrogens with zero attached hydrogens (tertiary/aromatic N) is 1. The highest BCUT2D eigenvalue weighted by Crippen LogP contribution is 2.23. The molecule has 2 aromatic rings. The molecule has 20 heavy (non-hydrogen) atoms. The predicted molar refractivity (Wildman–Crippen MR) is 78.4 cm³/mol. The van der Waals surface area contributed by atoms with Crippen molar-refractivity contribution in [3.8, 4) is 5.75 Å². The molecule has 0 bridgehead atoms. The molecule has 5 nitrogen and oxygen atoms in total. The van der Waals surface area contributed by atoms with Crippen molar-refractivity contribution in [2.75, 3.05) is 13.7 Å². The van der Waals surface area contributed by atoms with Crippen LogP contribution in [-0.2, 0) is 11.3 Å². The number of primary amides is 1. The van der Waals surface area contributed by atoms with Gasteiger partial charge in [0.1, 0.15) is 11.3 Å². The van der Waals surface area contributed by atoms with Crippen LogP contribution in [0.2, 0.25) is 0 Å². The number of rotatable bonds is 7. The van der Waals surface area contributed by atoms with E-state index in [1.807, 2.05) is 30.3 Å². The number of aromatic nitrogens is 1. The zero-order chi connectivity index (χ0) is 14.4. The number of benzene rings is 1. The van der Waals surface area contributed by atoms with E-state index in [4.69, 9.17) is 10.5 Å². The van der Waals surface area contributed by atoms with Crippen LogP contribution in [-0.4, -0.2) is 24.5 Å². The Bertz CT molecular complexity index is 599. The van der Waals surface area contributed by atoms with Gasteiger partial charge in [0.05, 0.1) is 12.8 Å². The van der Waals surface area contributed by atoms with Crippen molar-refractivity contribution in [3.63, 3.8) is 0 Å². The maximum Gasteiger partial charge on any atom is 0.217 e. The number of para-hydroxylation sites is 1. The number of hydrogen-bond donors (Lipinski definition) is 2. The number of fused-ring (bicyclic) bond motifs is 1. The van der Waals surface area contributed by atoms with Gasteiger partial charge in [-0.3, -0.25) is 4.79 Å². The lowest BCUT2D eigenvalue weighted by atomic mass is 10.2. The molecule has 5 heteroatoms. The first kappa shape index (κ1) is 14.3. The smallest absolute Gasteiger partial charge is 0.217 e. The van der Waals surface area contributed by atoms with Crippen LogP contribution >= 0.6 is 0 Å². The van der Waals surface area contributed by atoms with Crippen molar-refractivity contribution in [1.29, 1.82) is 0 Å². The molecular formula is C15H19N3O2. The third-order valence-electron chi connectivity index (χ3n) is 3.04. The van der Waals surface area contributed by atoms with Gasteiger partial charge in [-0.25, -0.2) is 4.98 Å². The van der Waals surface area contributed by atoms with Crippen LogP contribution in [0.25, 0.3) is 10.9 Å². The topological polar surface area (TPSA) is 77.2 Å². The Hall–Kier alpha value is -2.14. The first-order valence-corrected chi connectivity index (χ1v) is 6.62. The molecule has 3 N–H and O–H groups in total. The van der Waals surface area contributed by atoms with E-state index in [1.54, 1.807) is 7.11 Å². The molecule has 0 saturated heterocycles. The highest BCUT2D eigenvalue weighted by Gasteiger charge is 2.04. The second kappa shape index (κ2) is 6.86. The third-order valence-corrected chi connectivity index (χ3v) is 3.04. The van der Waals surface area contributed by atoms with Crippen molar-refractivity contribution in [2.45, 2.75) is 19.4 Å². The molecule has 0 unspecified atom stereocenters. The maximum absolute atomic E-state index is 10.6. The Morgan fingerprint density at radius 2 is 2.20 bits per heavy atom. The zero-order valence-corrected chi connectivity index (χ0v) is 11.6. The molecular weight excluding hydrogens is 254 g/mol. The van der Waals surface area contributed by atoms with E-state index < -0.39 is 0 Å². The third kappa shape index (κ3) is 3.68. The lowest BCUT2D eigenvalue weighted by Gasteiger charge is -2.07. The molecule has 0 radical (unpaired) electrons. The van der Waals surface area contributed by atoms with E-state index in [0.717, 1.165) is 35.3 Å². The molecule has 1 aromatic heterocycles. The number of ether oxygens (including phenoxy) is 1. The van der Waals surface area contributed by atoms with Crippen LogP contribution in [0.15, 0.2) is 30.3 Å². The number of pyridine rings is 1. The van der Waals surface area contributed by atoms with Crippen LogP contribution in [0.3, 0.4) is 0 Å². The van der Waals surface area contributed by atoms with E-state index in [0.29, 0.717) is 13.0 Å². The molecule has 106 valence electrons. The average molecular weight is 273 g/mol. The summed E-state index contributed by atoms with van der Waals surface area (Å²) in [4.78, 5) is 15.2. The van der Waals surface area contributed by atoms with Crippen LogP contribution in [0.5, 0.6) is 5.75 Å². The summed E-state index contributed by atoms with van der Waals surface area (Å²) < 4.78 is 5.32. The predicted octanol–water partition coefficient (Wildman–Crippen LogP) is 1.60. The molecule has 1 amide bonds. The number of hydrogen-bond acceptors (Lipinski definition) is 4. The van der Waals surface area contributed by atoms with Gasteiger partial charge in [0.25, 0.3) is 0 Å². The van der Waals surface area contributed by atoms with Crippen molar-refractivity contribution in [2.24, 2.45) is 5.73 Å². The fourth-order valence-electron chi connectivity index (χ4n) is 2.03. The largest absolute Gasteiger partial charge is 0.494 e.